The van der Waals surface area contributed by atoms with E-state index >= 15 is 4.39 Å². The van der Waals surface area contributed by atoms with Crippen molar-refractivity contribution in [3.63, 3.8) is 0 Å². The number of aromatic carboxylic acids is 1. The Bertz CT molecular complexity index is 1870. The lowest BCUT2D eigenvalue weighted by atomic mass is 9.85. The molecular weight excluding hydrogens is 597 g/mol. The molecule has 4 aliphatic rings. The van der Waals surface area contributed by atoms with Crippen LogP contribution in [-0.2, 0) is 21.6 Å². The summed E-state index contributed by atoms with van der Waals surface area (Å²) in [6, 6.07) is 17.0. The number of likely N-dealkylation sites (tertiary alicyclic amines) is 1. The van der Waals surface area contributed by atoms with Gasteiger partial charge in [0.1, 0.15) is 17.4 Å². The number of imidazole rings is 1. The first-order valence-electron chi connectivity index (χ1n) is 16.7. The number of rotatable bonds is 8. The number of ether oxygens (including phenoxy) is 3. The lowest BCUT2D eigenvalue weighted by Crippen LogP contribution is -2.37. The number of hydrogen-bond donors (Lipinski definition) is 1. The molecule has 1 aromatic heterocycles. The molecule has 3 saturated heterocycles. The van der Waals surface area contributed by atoms with Crippen LogP contribution in [0.1, 0.15) is 89.4 Å². The number of nitrogens with zero attached hydrogens (tertiary/aromatic N) is 3. The molecule has 4 aliphatic heterocycles. The number of hydrogen-bond acceptors (Lipinski definition) is 6. The van der Waals surface area contributed by atoms with Gasteiger partial charge in [-0.3, -0.25) is 4.90 Å². The van der Waals surface area contributed by atoms with Gasteiger partial charge in [-0.15, -0.1) is 0 Å². The van der Waals surface area contributed by atoms with Gasteiger partial charge in [-0.25, -0.2) is 14.2 Å². The van der Waals surface area contributed by atoms with Crippen molar-refractivity contribution in [3.05, 3.63) is 100 Å². The fourth-order valence-electron chi connectivity index (χ4n) is 7.64. The summed E-state index contributed by atoms with van der Waals surface area (Å²) in [7, 11) is 0. The Morgan fingerprint density at radius 1 is 1.09 bits per heavy atom. The van der Waals surface area contributed by atoms with E-state index in [1.807, 2.05) is 31.2 Å². The van der Waals surface area contributed by atoms with E-state index in [9.17, 15) is 9.90 Å². The molecule has 0 radical (unpaired) electrons. The van der Waals surface area contributed by atoms with E-state index < -0.39 is 11.6 Å². The molecule has 3 atom stereocenters. The summed E-state index contributed by atoms with van der Waals surface area (Å²) < 4.78 is 35.6. The number of piperidine rings is 1. The van der Waals surface area contributed by atoms with Crippen LogP contribution >= 0.6 is 0 Å². The van der Waals surface area contributed by atoms with Gasteiger partial charge in [-0.05, 0) is 93.6 Å². The maximum absolute atomic E-state index is 15.5. The zero-order chi connectivity index (χ0) is 32.3. The molecule has 0 amide bonds. The van der Waals surface area contributed by atoms with Gasteiger partial charge < -0.3 is 23.9 Å². The van der Waals surface area contributed by atoms with Crippen LogP contribution in [0.2, 0.25) is 0 Å². The number of halogens is 1. The van der Waals surface area contributed by atoms with E-state index in [2.05, 4.69) is 40.7 Å². The van der Waals surface area contributed by atoms with Crippen LogP contribution in [0.25, 0.3) is 17.1 Å². The predicted octanol–water partition coefficient (Wildman–Crippen LogP) is 7.04. The number of carbonyl (C=O) groups is 1. The molecular formula is C38H40FN3O5. The molecule has 0 aliphatic carbocycles. The van der Waals surface area contributed by atoms with Gasteiger partial charge in [0.2, 0.25) is 0 Å². The molecule has 0 spiro atoms. The third-order valence-electron chi connectivity index (χ3n) is 10.7. The lowest BCUT2D eigenvalue weighted by Gasteiger charge is -2.37. The molecule has 3 aromatic carbocycles. The van der Waals surface area contributed by atoms with Gasteiger partial charge in [0, 0.05) is 23.7 Å². The molecule has 9 heteroatoms. The summed E-state index contributed by atoms with van der Waals surface area (Å²) >= 11 is 0. The van der Waals surface area contributed by atoms with Crippen LogP contribution in [0.4, 0.5) is 4.39 Å². The fraction of sp³-hybridized carbons (Fsp3) is 0.421. The zero-order valence-corrected chi connectivity index (χ0v) is 26.8. The number of carboxylic acid groups (broad SMARTS) is 1. The lowest BCUT2D eigenvalue weighted by molar-refractivity contribution is -0.0761. The first-order valence-corrected chi connectivity index (χ1v) is 16.7. The Kier molecular flexibility index (Phi) is 7.66. The summed E-state index contributed by atoms with van der Waals surface area (Å²) in [5.74, 6) is 1.15. The van der Waals surface area contributed by atoms with Gasteiger partial charge in [0.05, 0.1) is 48.5 Å². The second-order valence-corrected chi connectivity index (χ2v) is 13.7. The fourth-order valence-corrected chi connectivity index (χ4v) is 7.64. The summed E-state index contributed by atoms with van der Waals surface area (Å²) in [4.78, 5) is 19.2. The van der Waals surface area contributed by atoms with Crippen LogP contribution in [0.3, 0.4) is 0 Å². The van der Waals surface area contributed by atoms with E-state index in [1.165, 1.54) is 5.56 Å². The Morgan fingerprint density at radius 3 is 2.57 bits per heavy atom. The Balaban J connectivity index is 1.00. The van der Waals surface area contributed by atoms with E-state index in [1.54, 1.807) is 18.2 Å². The summed E-state index contributed by atoms with van der Waals surface area (Å²) in [6.45, 7) is 8.57. The average molecular weight is 638 g/mol. The third kappa shape index (κ3) is 5.44. The van der Waals surface area contributed by atoms with Crippen LogP contribution in [-0.4, -0.2) is 64.5 Å². The van der Waals surface area contributed by atoms with Crippen LogP contribution < -0.4 is 4.74 Å². The monoisotopic (exact) mass is 637 g/mol. The first kappa shape index (κ1) is 30.3. The van der Waals surface area contributed by atoms with Crippen molar-refractivity contribution in [2.75, 3.05) is 32.9 Å². The predicted molar refractivity (Wildman–Crippen MR) is 176 cm³/mol. The highest BCUT2D eigenvalue weighted by Gasteiger charge is 2.36. The maximum atomic E-state index is 15.5. The Labute approximate surface area is 273 Å². The van der Waals surface area contributed by atoms with Crippen LogP contribution in [0, 0.1) is 5.82 Å². The van der Waals surface area contributed by atoms with Gasteiger partial charge >= 0.3 is 5.97 Å². The van der Waals surface area contributed by atoms with Crippen molar-refractivity contribution in [1.82, 2.24) is 14.5 Å². The minimum absolute atomic E-state index is 0.0500. The SMILES string of the molecule is CC(C1CCO1)n1c(CN2CCC(c3cccc4c3OC(C)(c3ccc(C5COC5)cc3F)C=C4)CC2)nc2ccc(C(=O)O)cc21. The summed E-state index contributed by atoms with van der Waals surface area (Å²) in [5.41, 5.74) is 4.69. The summed E-state index contributed by atoms with van der Waals surface area (Å²) in [5, 5.41) is 9.64. The molecule has 5 heterocycles. The number of fused-ring (bicyclic) bond motifs is 2. The van der Waals surface area contributed by atoms with Crippen LogP contribution in [0.15, 0.2) is 60.7 Å². The second kappa shape index (κ2) is 11.9. The smallest absolute Gasteiger partial charge is 0.335 e. The number of aromatic nitrogens is 2. The maximum Gasteiger partial charge on any atom is 0.335 e. The largest absolute Gasteiger partial charge is 0.478 e. The molecule has 1 N–H and O–H groups in total. The normalized spacial score (nSPS) is 23.9. The molecule has 4 aromatic rings. The van der Waals surface area contributed by atoms with Crippen molar-refractivity contribution in [1.29, 1.82) is 0 Å². The Hall–Kier alpha value is -4.05. The van der Waals surface area contributed by atoms with Crippen molar-refractivity contribution < 1.29 is 28.5 Å². The van der Waals surface area contributed by atoms with Crippen molar-refractivity contribution in [3.8, 4) is 5.75 Å². The molecule has 0 saturated carbocycles. The van der Waals surface area contributed by atoms with Crippen molar-refractivity contribution >= 4 is 23.1 Å². The number of para-hydroxylation sites is 1. The molecule has 3 fully saturated rings. The molecule has 244 valence electrons. The van der Waals surface area contributed by atoms with Gasteiger partial charge in [0.25, 0.3) is 0 Å². The number of benzene rings is 3. The standard InChI is InChI=1S/C38H40FN3O5/c1-23(34-13-17-46-34)42-33-19-27(37(43)44)7-9-32(33)40-35(42)20-41-15-11-24(12-16-41)29-5-3-4-25-10-14-38(2,47-36(25)29)30-8-6-26(18-31(30)39)28-21-45-22-28/h3-10,14,18-19,23-24,28,34H,11-13,15-17,20-22H2,1-2H3,(H,43,44). The molecule has 47 heavy (non-hydrogen) atoms. The van der Waals surface area contributed by atoms with Gasteiger partial charge in [-0.2, -0.15) is 0 Å². The topological polar surface area (TPSA) is 86.0 Å². The van der Waals surface area contributed by atoms with Crippen molar-refractivity contribution in [2.45, 2.75) is 69.2 Å². The molecule has 0 bridgehead atoms. The number of carboxylic acids is 1. The minimum Gasteiger partial charge on any atom is -0.478 e. The summed E-state index contributed by atoms with van der Waals surface area (Å²) in [6.07, 6.45) is 7.02. The average Bonchev–Trinajstić information content (AvgIpc) is 3.36. The van der Waals surface area contributed by atoms with E-state index in [0.717, 1.165) is 72.7 Å². The zero-order valence-electron chi connectivity index (χ0n) is 26.8. The van der Waals surface area contributed by atoms with E-state index in [-0.39, 0.29) is 29.4 Å². The highest BCUT2D eigenvalue weighted by molar-refractivity contribution is 5.92. The second-order valence-electron chi connectivity index (χ2n) is 13.7. The van der Waals surface area contributed by atoms with E-state index in [0.29, 0.717) is 31.2 Å². The van der Waals surface area contributed by atoms with E-state index in [4.69, 9.17) is 19.2 Å². The molecule has 8 nitrogen and oxygen atoms in total. The van der Waals surface area contributed by atoms with Crippen molar-refractivity contribution in [2.24, 2.45) is 0 Å². The minimum atomic E-state index is -0.943. The first-order chi connectivity index (χ1) is 22.8. The Morgan fingerprint density at radius 2 is 1.89 bits per heavy atom. The highest BCUT2D eigenvalue weighted by Crippen LogP contribution is 2.45. The highest BCUT2D eigenvalue weighted by atomic mass is 19.1. The molecule has 8 rings (SSSR count). The quantitative estimate of drug-likeness (QED) is 0.222. The third-order valence-corrected chi connectivity index (χ3v) is 10.7. The van der Waals surface area contributed by atoms with Crippen LogP contribution in [0.5, 0.6) is 5.75 Å². The molecule has 3 unspecified atom stereocenters. The van der Waals surface area contributed by atoms with Gasteiger partial charge in [0.15, 0.2) is 5.60 Å². The van der Waals surface area contributed by atoms with Gasteiger partial charge in [-0.1, -0.05) is 36.4 Å².